The minimum atomic E-state index is -0.0988. The highest BCUT2D eigenvalue weighted by Gasteiger charge is 2.11. The number of hydrogen-bond donors (Lipinski definition) is 2. The number of rotatable bonds is 5. The van der Waals surface area contributed by atoms with Gasteiger partial charge in [0, 0.05) is 37.9 Å². The van der Waals surface area contributed by atoms with Crippen LogP contribution in [-0.4, -0.2) is 29.0 Å². The van der Waals surface area contributed by atoms with Crippen molar-refractivity contribution < 1.29 is 9.53 Å². The van der Waals surface area contributed by atoms with Gasteiger partial charge in [0.1, 0.15) is 11.6 Å². The molecule has 5 nitrogen and oxygen atoms in total. The lowest BCUT2D eigenvalue weighted by atomic mass is 10.1. The largest absolute Gasteiger partial charge is 0.493 e. The summed E-state index contributed by atoms with van der Waals surface area (Å²) in [6.45, 7) is 1.31. The highest BCUT2D eigenvalue weighted by molar-refractivity contribution is 5.91. The van der Waals surface area contributed by atoms with Crippen LogP contribution < -0.4 is 10.1 Å². The molecule has 0 fully saturated rings. The SMILES string of the molecule is O=C(/C=C/c1ccc2c(c1)CCO2)NCCc1ncc[nH]1. The summed E-state index contributed by atoms with van der Waals surface area (Å²) in [5.74, 6) is 1.73. The third-order valence-electron chi connectivity index (χ3n) is 3.36. The topological polar surface area (TPSA) is 67.0 Å². The zero-order chi connectivity index (χ0) is 14.5. The van der Waals surface area contributed by atoms with Crippen LogP contribution >= 0.6 is 0 Å². The predicted molar refractivity (Wildman–Crippen MR) is 80.0 cm³/mol. The minimum absolute atomic E-state index is 0.0988. The van der Waals surface area contributed by atoms with Gasteiger partial charge in [0.2, 0.25) is 5.91 Å². The van der Waals surface area contributed by atoms with Crippen molar-refractivity contribution in [1.29, 1.82) is 0 Å². The van der Waals surface area contributed by atoms with Gasteiger partial charge in [0.05, 0.1) is 6.61 Å². The van der Waals surface area contributed by atoms with Gasteiger partial charge in [-0.25, -0.2) is 4.98 Å². The van der Waals surface area contributed by atoms with Crippen molar-refractivity contribution in [2.45, 2.75) is 12.8 Å². The Morgan fingerprint density at radius 2 is 2.43 bits per heavy atom. The third-order valence-corrected chi connectivity index (χ3v) is 3.36. The van der Waals surface area contributed by atoms with Crippen molar-refractivity contribution in [2.24, 2.45) is 0 Å². The van der Waals surface area contributed by atoms with E-state index in [1.165, 1.54) is 5.56 Å². The zero-order valence-corrected chi connectivity index (χ0v) is 11.6. The van der Waals surface area contributed by atoms with E-state index in [0.29, 0.717) is 13.0 Å². The molecule has 0 spiro atoms. The fourth-order valence-electron chi connectivity index (χ4n) is 2.28. The molecule has 5 heteroatoms. The fraction of sp³-hybridized carbons (Fsp3) is 0.250. The van der Waals surface area contributed by atoms with Crippen molar-refractivity contribution in [3.63, 3.8) is 0 Å². The number of fused-ring (bicyclic) bond motifs is 1. The van der Waals surface area contributed by atoms with Gasteiger partial charge in [-0.2, -0.15) is 0 Å². The molecular formula is C16H17N3O2. The summed E-state index contributed by atoms with van der Waals surface area (Å²) in [5, 5.41) is 2.83. The molecule has 2 heterocycles. The molecular weight excluding hydrogens is 266 g/mol. The molecule has 1 aliphatic rings. The molecule has 21 heavy (non-hydrogen) atoms. The van der Waals surface area contributed by atoms with Crippen LogP contribution in [0.25, 0.3) is 6.08 Å². The number of benzene rings is 1. The number of nitrogens with zero attached hydrogens (tertiary/aromatic N) is 1. The molecule has 0 atom stereocenters. The average molecular weight is 283 g/mol. The Hall–Kier alpha value is -2.56. The van der Waals surface area contributed by atoms with E-state index in [2.05, 4.69) is 21.4 Å². The second-order valence-corrected chi connectivity index (χ2v) is 4.88. The van der Waals surface area contributed by atoms with Gasteiger partial charge in [-0.05, 0) is 29.3 Å². The molecule has 1 aromatic carbocycles. The Bertz CT molecular complexity index is 648. The molecule has 1 amide bonds. The smallest absolute Gasteiger partial charge is 0.244 e. The number of carbonyl (C=O) groups is 1. The Morgan fingerprint density at radius 1 is 1.48 bits per heavy atom. The molecule has 2 N–H and O–H groups in total. The molecule has 1 aromatic heterocycles. The van der Waals surface area contributed by atoms with E-state index in [4.69, 9.17) is 4.74 Å². The molecule has 0 radical (unpaired) electrons. The molecule has 0 unspecified atom stereocenters. The monoisotopic (exact) mass is 283 g/mol. The summed E-state index contributed by atoms with van der Waals surface area (Å²) in [4.78, 5) is 18.8. The Kier molecular flexibility index (Phi) is 4.00. The number of aromatic nitrogens is 2. The molecule has 2 aromatic rings. The van der Waals surface area contributed by atoms with Crippen LogP contribution in [0.2, 0.25) is 0 Å². The first-order valence-electron chi connectivity index (χ1n) is 7.01. The number of amides is 1. The Balaban J connectivity index is 1.50. The number of carbonyl (C=O) groups excluding carboxylic acids is 1. The van der Waals surface area contributed by atoms with Crippen LogP contribution in [0.1, 0.15) is 17.0 Å². The number of nitrogens with one attached hydrogen (secondary N) is 2. The number of hydrogen-bond acceptors (Lipinski definition) is 3. The maximum absolute atomic E-state index is 11.7. The van der Waals surface area contributed by atoms with Crippen LogP contribution in [0.15, 0.2) is 36.7 Å². The van der Waals surface area contributed by atoms with Crippen LogP contribution in [0.3, 0.4) is 0 Å². The van der Waals surface area contributed by atoms with Crippen molar-refractivity contribution in [3.05, 3.63) is 53.6 Å². The van der Waals surface area contributed by atoms with Gasteiger partial charge >= 0.3 is 0 Å². The van der Waals surface area contributed by atoms with E-state index in [-0.39, 0.29) is 5.91 Å². The molecule has 0 aliphatic carbocycles. The van der Waals surface area contributed by atoms with Crippen LogP contribution in [0, 0.1) is 0 Å². The fourth-order valence-corrected chi connectivity index (χ4v) is 2.28. The lowest BCUT2D eigenvalue weighted by Gasteiger charge is -2.01. The quantitative estimate of drug-likeness (QED) is 0.821. The number of ether oxygens (including phenoxy) is 1. The average Bonchev–Trinajstić information content (AvgIpc) is 3.15. The molecule has 108 valence electrons. The summed E-state index contributed by atoms with van der Waals surface area (Å²) in [6.07, 6.45) is 8.48. The first-order valence-corrected chi connectivity index (χ1v) is 7.01. The highest BCUT2D eigenvalue weighted by atomic mass is 16.5. The third kappa shape index (κ3) is 3.51. The standard InChI is InChI=1S/C16H17N3O2/c20-16(19-7-5-15-17-8-9-18-15)4-2-12-1-3-14-13(11-12)6-10-21-14/h1-4,8-9,11H,5-7,10H2,(H,17,18)(H,19,20)/b4-2+. The molecule has 0 saturated carbocycles. The van der Waals surface area contributed by atoms with Gasteiger partial charge in [-0.15, -0.1) is 0 Å². The molecule has 3 rings (SSSR count). The molecule has 1 aliphatic heterocycles. The summed E-state index contributed by atoms with van der Waals surface area (Å²) >= 11 is 0. The second kappa shape index (κ2) is 6.26. The Labute approximate surface area is 123 Å². The van der Waals surface area contributed by atoms with Crippen LogP contribution in [0.5, 0.6) is 5.75 Å². The normalized spacial score (nSPS) is 13.1. The Morgan fingerprint density at radius 3 is 3.29 bits per heavy atom. The first-order chi connectivity index (χ1) is 10.3. The maximum Gasteiger partial charge on any atom is 0.244 e. The predicted octanol–water partition coefficient (Wildman–Crippen LogP) is 1.72. The molecule has 0 saturated heterocycles. The zero-order valence-electron chi connectivity index (χ0n) is 11.6. The summed E-state index contributed by atoms with van der Waals surface area (Å²) in [7, 11) is 0. The van der Waals surface area contributed by atoms with E-state index < -0.39 is 0 Å². The number of H-pyrrole nitrogens is 1. The highest BCUT2D eigenvalue weighted by Crippen LogP contribution is 2.26. The van der Waals surface area contributed by atoms with Crippen LogP contribution in [0.4, 0.5) is 0 Å². The van der Waals surface area contributed by atoms with E-state index >= 15 is 0 Å². The van der Waals surface area contributed by atoms with E-state index in [1.807, 2.05) is 18.2 Å². The first kappa shape index (κ1) is 13.4. The van der Waals surface area contributed by atoms with Crippen LogP contribution in [-0.2, 0) is 17.6 Å². The summed E-state index contributed by atoms with van der Waals surface area (Å²) < 4.78 is 5.46. The minimum Gasteiger partial charge on any atom is -0.493 e. The van der Waals surface area contributed by atoms with E-state index in [1.54, 1.807) is 18.5 Å². The number of aromatic amines is 1. The van der Waals surface area contributed by atoms with E-state index in [0.717, 1.165) is 30.2 Å². The maximum atomic E-state index is 11.7. The molecule has 0 bridgehead atoms. The second-order valence-electron chi connectivity index (χ2n) is 4.88. The van der Waals surface area contributed by atoms with Gasteiger partial charge < -0.3 is 15.0 Å². The lowest BCUT2D eigenvalue weighted by molar-refractivity contribution is -0.116. The van der Waals surface area contributed by atoms with Crippen molar-refractivity contribution in [1.82, 2.24) is 15.3 Å². The van der Waals surface area contributed by atoms with Gasteiger partial charge in [0.25, 0.3) is 0 Å². The van der Waals surface area contributed by atoms with E-state index in [9.17, 15) is 4.79 Å². The van der Waals surface area contributed by atoms with Crippen molar-refractivity contribution >= 4 is 12.0 Å². The summed E-state index contributed by atoms with van der Waals surface area (Å²) in [6, 6.07) is 5.97. The van der Waals surface area contributed by atoms with Gasteiger partial charge in [-0.3, -0.25) is 4.79 Å². The summed E-state index contributed by atoms with van der Waals surface area (Å²) in [5.41, 5.74) is 2.22. The van der Waals surface area contributed by atoms with Gasteiger partial charge in [0.15, 0.2) is 0 Å². The van der Waals surface area contributed by atoms with Crippen molar-refractivity contribution in [2.75, 3.05) is 13.2 Å². The van der Waals surface area contributed by atoms with Gasteiger partial charge in [-0.1, -0.05) is 6.07 Å². The van der Waals surface area contributed by atoms with Crippen molar-refractivity contribution in [3.8, 4) is 5.75 Å². The number of imidazole rings is 1. The lowest BCUT2D eigenvalue weighted by Crippen LogP contribution is -2.23.